The molecule has 3 saturated heterocycles. The molecule has 0 N–H and O–H groups in total. The maximum absolute atomic E-state index is 12.9. The Morgan fingerprint density at radius 2 is 0.578 bits per heavy atom. The van der Waals surface area contributed by atoms with Crippen molar-refractivity contribution in [3.8, 4) is 0 Å². The van der Waals surface area contributed by atoms with Gasteiger partial charge in [-0.2, -0.15) is 0 Å². The van der Waals surface area contributed by atoms with E-state index in [9.17, 15) is 47.9 Å². The van der Waals surface area contributed by atoms with Crippen molar-refractivity contribution < 1.29 is 119 Å². The number of ether oxygens (including phenoxy) is 15. The zero-order chi connectivity index (χ0) is 48.2. The summed E-state index contributed by atoms with van der Waals surface area (Å²) in [4.78, 5) is 124. The summed E-state index contributed by atoms with van der Waals surface area (Å²) in [7, 11) is 0. The van der Waals surface area contributed by atoms with E-state index in [0.29, 0.717) is 0 Å². The van der Waals surface area contributed by atoms with E-state index in [-0.39, 0.29) is 0 Å². The fourth-order valence-corrected chi connectivity index (χ4v) is 7.68. The van der Waals surface area contributed by atoms with Crippen molar-refractivity contribution in [2.45, 2.75) is 159 Å². The van der Waals surface area contributed by atoms with Crippen molar-refractivity contribution in [1.82, 2.24) is 0 Å². The van der Waals surface area contributed by atoms with Crippen LogP contribution in [0.4, 0.5) is 0 Å². The van der Waals surface area contributed by atoms with Crippen LogP contribution in [0.3, 0.4) is 0 Å². The van der Waals surface area contributed by atoms with E-state index in [1.54, 1.807) is 22.6 Å². The summed E-state index contributed by atoms with van der Waals surface area (Å²) in [5, 5.41) is 0. The molecule has 3 rings (SSSR count). The lowest BCUT2D eigenvalue weighted by atomic mass is 9.95. The predicted molar refractivity (Wildman–Crippen MR) is 209 cm³/mol. The Hall–Kier alpha value is -4.77. The van der Waals surface area contributed by atoms with Gasteiger partial charge in [0.1, 0.15) is 54.5 Å². The lowest BCUT2D eigenvalue weighted by molar-refractivity contribution is -0.372. The molecular formula is C38H51IO25. The average Bonchev–Trinajstić information content (AvgIpc) is 3.15. The van der Waals surface area contributed by atoms with Crippen LogP contribution in [-0.2, 0) is 119 Å². The van der Waals surface area contributed by atoms with Crippen molar-refractivity contribution >= 4 is 82.3 Å². The molecule has 3 aliphatic rings. The second-order valence-corrected chi connectivity index (χ2v) is 15.5. The van der Waals surface area contributed by atoms with Crippen molar-refractivity contribution in [2.24, 2.45) is 0 Å². The molecule has 0 aromatic heterocycles. The molecule has 15 atom stereocenters. The summed E-state index contributed by atoms with van der Waals surface area (Å²) < 4.78 is 84.5. The van der Waals surface area contributed by atoms with Crippen molar-refractivity contribution in [3.05, 3.63) is 0 Å². The van der Waals surface area contributed by atoms with Gasteiger partial charge in [0.05, 0.1) is 0 Å². The highest BCUT2D eigenvalue weighted by molar-refractivity contribution is 14.1. The molecule has 0 spiro atoms. The average molecular weight is 1030 g/mol. The van der Waals surface area contributed by atoms with E-state index >= 15 is 0 Å². The number of rotatable bonds is 17. The van der Waals surface area contributed by atoms with Gasteiger partial charge in [-0.05, 0) is 22.6 Å². The van der Waals surface area contributed by atoms with Crippen LogP contribution in [0.25, 0.3) is 0 Å². The number of hydrogen-bond donors (Lipinski definition) is 0. The van der Waals surface area contributed by atoms with E-state index in [4.69, 9.17) is 71.1 Å². The first-order valence-corrected chi connectivity index (χ1v) is 20.6. The third-order valence-corrected chi connectivity index (χ3v) is 9.81. The van der Waals surface area contributed by atoms with Crippen molar-refractivity contribution in [3.63, 3.8) is 0 Å². The molecule has 0 saturated carbocycles. The highest BCUT2D eigenvalue weighted by atomic mass is 127. The van der Waals surface area contributed by atoms with Crippen LogP contribution in [0.5, 0.6) is 0 Å². The minimum Gasteiger partial charge on any atom is -0.463 e. The summed E-state index contributed by atoms with van der Waals surface area (Å²) in [5.74, 6) is -9.11. The highest BCUT2D eigenvalue weighted by Gasteiger charge is 2.59. The molecule has 0 aliphatic carbocycles. The fraction of sp³-hybridized carbons (Fsp3) is 0.737. The van der Waals surface area contributed by atoms with Crippen LogP contribution in [0.15, 0.2) is 0 Å². The van der Waals surface area contributed by atoms with E-state index < -0.39 is 169 Å². The van der Waals surface area contributed by atoms with Gasteiger partial charge in [-0.3, -0.25) is 47.9 Å². The number of hydrogen-bond acceptors (Lipinski definition) is 25. The molecule has 3 heterocycles. The molecule has 26 heteroatoms. The topological polar surface area (TPSA) is 309 Å². The zero-order valence-electron chi connectivity index (χ0n) is 36.4. The first-order chi connectivity index (χ1) is 29.9. The van der Waals surface area contributed by atoms with Crippen LogP contribution in [0, 0.1) is 0 Å². The standard InChI is InChI=1S/C38H51IO25/c1-14(40)50-11-24-28(30(54-18(5)44)33(36(39)60-24)57-21(8)47)63-38-35(59-23(10)49)32(56-20(7)46)29(26(62-38)13-52-16(3)42)64-37-34(58-22(9)48)31(55-19(6)45)27(53-17(4)43)25(61-37)12-51-15(2)41/h24-38H,11-13H2,1-10H3/t24-,25-,26-,27+,28-,29+,30+,31+,32+,33-,34-,35-,36+,37-,38+/m1/s1. The quantitative estimate of drug-likeness (QED) is 0.0773. The van der Waals surface area contributed by atoms with E-state index in [1.807, 2.05) is 0 Å². The molecule has 0 amide bonds. The third-order valence-electron chi connectivity index (χ3n) is 8.81. The first-order valence-electron chi connectivity index (χ1n) is 19.4. The van der Waals surface area contributed by atoms with E-state index in [1.165, 1.54) is 0 Å². The summed E-state index contributed by atoms with van der Waals surface area (Å²) in [6.45, 7) is 8.25. The molecule has 0 radical (unpaired) electrons. The number of esters is 10. The van der Waals surface area contributed by atoms with Crippen molar-refractivity contribution in [1.29, 1.82) is 0 Å². The number of halogens is 1. The summed E-state index contributed by atoms with van der Waals surface area (Å²) in [6, 6.07) is 0. The molecule has 0 aromatic carbocycles. The molecule has 64 heavy (non-hydrogen) atoms. The van der Waals surface area contributed by atoms with Crippen LogP contribution < -0.4 is 0 Å². The van der Waals surface area contributed by atoms with Crippen LogP contribution in [0.2, 0.25) is 0 Å². The maximum atomic E-state index is 12.9. The summed E-state index contributed by atoms with van der Waals surface area (Å²) >= 11 is 1.76. The van der Waals surface area contributed by atoms with Gasteiger partial charge < -0.3 is 71.1 Å². The smallest absolute Gasteiger partial charge is 0.303 e. The molecule has 25 nitrogen and oxygen atoms in total. The van der Waals surface area contributed by atoms with Gasteiger partial charge in [0.2, 0.25) is 0 Å². The maximum Gasteiger partial charge on any atom is 0.303 e. The second-order valence-electron chi connectivity index (χ2n) is 14.2. The SMILES string of the molecule is CC(=O)OC[C@H]1O[C@H](O[C@@H]2[C@H](OC(C)=O)[C@@H](OC(C)=O)[C@H](O[C@H]3[C@H](OC(C)=O)[C@@H](OC(C)=O)[C@@H](I)O[C@@H]3COC(C)=O)O[C@@H]2COC(C)=O)[C@H](OC(C)=O)[C@@H](OC(C)=O)[C@H]1OC(C)=O. The molecular weight excluding hydrogens is 983 g/mol. The van der Waals surface area contributed by atoms with E-state index in [0.717, 1.165) is 69.2 Å². The number of carbonyl (C=O) groups excluding carboxylic acids is 10. The Balaban J connectivity index is 2.28. The summed E-state index contributed by atoms with van der Waals surface area (Å²) in [5.41, 5.74) is 0. The minimum atomic E-state index is -1.96. The van der Waals surface area contributed by atoms with Gasteiger partial charge in [-0.1, -0.05) is 0 Å². The Bertz CT molecular complexity index is 1740. The summed E-state index contributed by atoms with van der Waals surface area (Å²) in [6.07, 6.45) is -23.8. The molecule has 360 valence electrons. The predicted octanol–water partition coefficient (Wildman–Crippen LogP) is -0.422. The second kappa shape index (κ2) is 24.5. The lowest BCUT2D eigenvalue weighted by Crippen LogP contribution is -2.68. The highest BCUT2D eigenvalue weighted by Crippen LogP contribution is 2.38. The third kappa shape index (κ3) is 16.0. The van der Waals surface area contributed by atoms with Gasteiger partial charge in [-0.15, -0.1) is 0 Å². The molecule has 0 bridgehead atoms. The van der Waals surface area contributed by atoms with Crippen molar-refractivity contribution in [2.75, 3.05) is 19.8 Å². The van der Waals surface area contributed by atoms with Gasteiger partial charge >= 0.3 is 59.7 Å². The first kappa shape index (κ1) is 53.6. The Morgan fingerprint density at radius 1 is 0.328 bits per heavy atom. The molecule has 0 aromatic rings. The van der Waals surface area contributed by atoms with Gasteiger partial charge in [0.15, 0.2) is 55.3 Å². The normalized spacial score (nSPS) is 32.3. The molecule has 3 aliphatic heterocycles. The van der Waals surface area contributed by atoms with Gasteiger partial charge in [-0.25, -0.2) is 0 Å². The monoisotopic (exact) mass is 1030 g/mol. The fourth-order valence-electron chi connectivity index (χ4n) is 6.74. The molecule has 0 unspecified atom stereocenters. The van der Waals surface area contributed by atoms with Gasteiger partial charge in [0, 0.05) is 69.2 Å². The largest absolute Gasteiger partial charge is 0.463 e. The zero-order valence-corrected chi connectivity index (χ0v) is 38.5. The Kier molecular flexibility index (Phi) is 20.5. The lowest BCUT2D eigenvalue weighted by Gasteiger charge is -2.50. The number of carbonyl (C=O) groups is 10. The van der Waals surface area contributed by atoms with Gasteiger partial charge in [0.25, 0.3) is 0 Å². The van der Waals surface area contributed by atoms with Crippen LogP contribution in [-0.4, -0.2) is 169 Å². The Labute approximate surface area is 379 Å². The number of alkyl halides is 1. The van der Waals surface area contributed by atoms with E-state index in [2.05, 4.69) is 0 Å². The minimum absolute atomic E-state index is 0.548. The van der Waals surface area contributed by atoms with Crippen LogP contribution in [0.1, 0.15) is 69.2 Å². The Morgan fingerprint density at radius 3 is 0.906 bits per heavy atom. The molecule has 3 fully saturated rings. The van der Waals surface area contributed by atoms with Crippen LogP contribution >= 0.6 is 22.6 Å².